The quantitative estimate of drug-likeness (QED) is 0.568. The molecule has 1 aromatic heterocycles. The topological polar surface area (TPSA) is 128 Å². The largest absolute Gasteiger partial charge is 0.504 e. The Hall–Kier alpha value is -3.07. The van der Waals surface area contributed by atoms with E-state index in [1.807, 2.05) is 0 Å². The van der Waals surface area contributed by atoms with E-state index in [2.05, 4.69) is 15.3 Å². The Morgan fingerprint density at radius 3 is 3.04 bits per heavy atom. The van der Waals surface area contributed by atoms with Crippen molar-refractivity contribution in [1.29, 1.82) is 0 Å². The van der Waals surface area contributed by atoms with Crippen molar-refractivity contribution in [3.63, 3.8) is 0 Å². The number of carbonyl (C=O) groups excluding carboxylic acids is 2. The molecule has 0 unspecified atom stereocenters. The minimum absolute atomic E-state index is 0.00707. The first-order valence-corrected chi connectivity index (χ1v) is 7.29. The van der Waals surface area contributed by atoms with Gasteiger partial charge in [-0.15, -0.1) is 0 Å². The minimum atomic E-state index is -0.846. The summed E-state index contributed by atoms with van der Waals surface area (Å²) in [4.78, 5) is 36.5. The van der Waals surface area contributed by atoms with Gasteiger partial charge < -0.3 is 20.5 Å². The van der Waals surface area contributed by atoms with Crippen LogP contribution in [0.3, 0.4) is 0 Å². The number of hydrogen-bond donors (Lipinski definition) is 4. The number of H-pyrrole nitrogens is 1. The minimum Gasteiger partial charge on any atom is -0.504 e. The predicted molar refractivity (Wildman–Crippen MR) is 81.0 cm³/mol. The summed E-state index contributed by atoms with van der Waals surface area (Å²) in [5.74, 6) is -1.97. The van der Waals surface area contributed by atoms with Crippen molar-refractivity contribution < 1.29 is 24.6 Å². The lowest BCUT2D eigenvalue weighted by molar-refractivity contribution is -0.161. The lowest BCUT2D eigenvalue weighted by Gasteiger charge is -2.14. The molecule has 0 saturated carbocycles. The van der Waals surface area contributed by atoms with E-state index in [1.165, 1.54) is 23.3 Å². The van der Waals surface area contributed by atoms with E-state index in [4.69, 9.17) is 4.84 Å². The molecule has 1 fully saturated rings. The second-order valence-electron chi connectivity index (χ2n) is 5.26. The summed E-state index contributed by atoms with van der Waals surface area (Å²) in [6.45, 7) is 0.331. The standard InChI is InChI=1S/C15H16N4O5/c20-12-3-1-2-10(13(12)21)14(22)18-11-7-24-19(15(11)23)5-4-9-6-16-8-17-9/h1-3,6,8,11,20-21H,4-5,7H2,(H,16,17)(H,18,22)/t11-/m0/s1. The van der Waals surface area contributed by atoms with Gasteiger partial charge >= 0.3 is 0 Å². The van der Waals surface area contributed by atoms with Crippen molar-refractivity contribution in [2.75, 3.05) is 13.2 Å². The summed E-state index contributed by atoms with van der Waals surface area (Å²) in [7, 11) is 0. The molecule has 0 spiro atoms. The summed E-state index contributed by atoms with van der Waals surface area (Å²) >= 11 is 0. The normalized spacial score (nSPS) is 17.2. The number of hydroxylamine groups is 2. The third kappa shape index (κ3) is 3.15. The van der Waals surface area contributed by atoms with E-state index < -0.39 is 23.4 Å². The zero-order chi connectivity index (χ0) is 17.1. The molecule has 1 aliphatic rings. The van der Waals surface area contributed by atoms with Gasteiger partial charge in [0.2, 0.25) is 0 Å². The number of phenolic OH excluding ortho intramolecular Hbond substituents is 2. The average Bonchev–Trinajstić information content (AvgIpc) is 3.19. The van der Waals surface area contributed by atoms with Gasteiger partial charge in [-0.3, -0.25) is 14.4 Å². The Morgan fingerprint density at radius 2 is 2.29 bits per heavy atom. The molecule has 3 rings (SSSR count). The zero-order valence-corrected chi connectivity index (χ0v) is 12.6. The molecule has 2 amide bonds. The maximum atomic E-state index is 12.2. The van der Waals surface area contributed by atoms with E-state index in [1.54, 1.807) is 12.5 Å². The summed E-state index contributed by atoms with van der Waals surface area (Å²) in [5, 5.41) is 22.8. The highest BCUT2D eigenvalue weighted by Gasteiger charge is 2.34. The first kappa shape index (κ1) is 15.8. The number of aromatic hydroxyl groups is 2. The Kier molecular flexibility index (Phi) is 4.34. The monoisotopic (exact) mass is 332 g/mol. The number of nitrogens with zero attached hydrogens (tertiary/aromatic N) is 2. The van der Waals surface area contributed by atoms with Gasteiger partial charge in [0.05, 0.1) is 18.4 Å². The number of aromatic amines is 1. The number of para-hydroxylation sites is 1. The molecule has 0 radical (unpaired) electrons. The number of imidazole rings is 1. The van der Waals surface area contributed by atoms with Crippen molar-refractivity contribution in [3.05, 3.63) is 42.0 Å². The second kappa shape index (κ2) is 6.59. The van der Waals surface area contributed by atoms with Crippen molar-refractivity contribution in [2.24, 2.45) is 0 Å². The van der Waals surface area contributed by atoms with E-state index >= 15 is 0 Å². The van der Waals surface area contributed by atoms with Crippen LogP contribution in [0.2, 0.25) is 0 Å². The molecule has 9 heteroatoms. The van der Waals surface area contributed by atoms with Gasteiger partial charge in [-0.2, -0.15) is 0 Å². The molecule has 2 heterocycles. The zero-order valence-electron chi connectivity index (χ0n) is 12.6. The number of nitrogens with one attached hydrogen (secondary N) is 2. The Labute approximate surface area is 136 Å². The molecular weight excluding hydrogens is 316 g/mol. The summed E-state index contributed by atoms with van der Waals surface area (Å²) < 4.78 is 0. The van der Waals surface area contributed by atoms with Crippen molar-refractivity contribution >= 4 is 11.8 Å². The number of benzene rings is 1. The number of rotatable bonds is 5. The van der Waals surface area contributed by atoms with Crippen molar-refractivity contribution in [2.45, 2.75) is 12.5 Å². The third-order valence-corrected chi connectivity index (χ3v) is 3.64. The van der Waals surface area contributed by atoms with Crippen LogP contribution in [0.5, 0.6) is 11.5 Å². The summed E-state index contributed by atoms with van der Waals surface area (Å²) in [6, 6.07) is 3.18. The van der Waals surface area contributed by atoms with Crippen molar-refractivity contribution in [1.82, 2.24) is 20.3 Å². The van der Waals surface area contributed by atoms with Gasteiger partial charge in [-0.25, -0.2) is 10.0 Å². The lowest BCUT2D eigenvalue weighted by Crippen LogP contribution is -2.43. The molecule has 24 heavy (non-hydrogen) atoms. The van der Waals surface area contributed by atoms with Crippen LogP contribution in [0.4, 0.5) is 0 Å². The number of hydrogen-bond acceptors (Lipinski definition) is 6. The lowest BCUT2D eigenvalue weighted by atomic mass is 10.1. The molecule has 1 aliphatic heterocycles. The first-order valence-electron chi connectivity index (χ1n) is 7.29. The van der Waals surface area contributed by atoms with Crippen LogP contribution < -0.4 is 5.32 Å². The summed E-state index contributed by atoms with van der Waals surface area (Å²) in [5.41, 5.74) is 0.752. The van der Waals surface area contributed by atoms with Crippen LogP contribution in [-0.2, 0) is 16.1 Å². The Balaban J connectivity index is 1.59. The van der Waals surface area contributed by atoms with Gasteiger partial charge in [-0.05, 0) is 12.1 Å². The van der Waals surface area contributed by atoms with Crippen LogP contribution in [0.1, 0.15) is 16.1 Å². The fourth-order valence-corrected chi connectivity index (χ4v) is 2.35. The molecule has 0 bridgehead atoms. The number of carbonyl (C=O) groups is 2. The SMILES string of the molecule is O=C(N[C@H]1CON(CCc2cnc[nH]2)C1=O)c1cccc(O)c1O. The fraction of sp³-hybridized carbons (Fsp3) is 0.267. The van der Waals surface area contributed by atoms with Gasteiger partial charge in [0.1, 0.15) is 12.6 Å². The maximum Gasteiger partial charge on any atom is 0.271 e. The van der Waals surface area contributed by atoms with E-state index in [-0.39, 0.29) is 18.1 Å². The number of amides is 2. The average molecular weight is 332 g/mol. The molecule has 126 valence electrons. The third-order valence-electron chi connectivity index (χ3n) is 3.64. The number of aromatic nitrogens is 2. The molecule has 2 aromatic rings. The van der Waals surface area contributed by atoms with Crippen LogP contribution in [-0.4, -0.2) is 56.3 Å². The molecule has 9 nitrogen and oxygen atoms in total. The Morgan fingerprint density at radius 1 is 1.46 bits per heavy atom. The number of phenols is 2. The van der Waals surface area contributed by atoms with Gasteiger partial charge in [0.25, 0.3) is 11.8 Å². The van der Waals surface area contributed by atoms with Crippen LogP contribution in [0, 0.1) is 0 Å². The van der Waals surface area contributed by atoms with Crippen LogP contribution in [0.25, 0.3) is 0 Å². The van der Waals surface area contributed by atoms with Gasteiger partial charge in [0.15, 0.2) is 11.5 Å². The van der Waals surface area contributed by atoms with E-state index in [0.29, 0.717) is 13.0 Å². The van der Waals surface area contributed by atoms with Crippen LogP contribution in [0.15, 0.2) is 30.7 Å². The summed E-state index contributed by atoms with van der Waals surface area (Å²) in [6.07, 6.45) is 3.75. The highest BCUT2D eigenvalue weighted by atomic mass is 16.7. The highest BCUT2D eigenvalue weighted by Crippen LogP contribution is 2.28. The maximum absolute atomic E-state index is 12.2. The van der Waals surface area contributed by atoms with Gasteiger partial charge in [0, 0.05) is 18.3 Å². The van der Waals surface area contributed by atoms with E-state index in [0.717, 1.165) is 5.69 Å². The molecule has 1 aromatic carbocycles. The molecule has 4 N–H and O–H groups in total. The van der Waals surface area contributed by atoms with Crippen molar-refractivity contribution in [3.8, 4) is 11.5 Å². The molecular formula is C15H16N4O5. The second-order valence-corrected chi connectivity index (χ2v) is 5.26. The molecule has 0 aliphatic carbocycles. The predicted octanol–water partition coefficient (Wildman–Crippen LogP) is -0.0642. The smallest absolute Gasteiger partial charge is 0.271 e. The van der Waals surface area contributed by atoms with E-state index in [9.17, 15) is 19.8 Å². The van der Waals surface area contributed by atoms with Gasteiger partial charge in [-0.1, -0.05) is 6.07 Å². The highest BCUT2D eigenvalue weighted by molar-refractivity contribution is 6.00. The fourth-order valence-electron chi connectivity index (χ4n) is 2.35. The molecule has 1 saturated heterocycles. The van der Waals surface area contributed by atoms with Crippen LogP contribution >= 0.6 is 0 Å². The Bertz CT molecular complexity index is 746. The molecule has 1 atom stereocenters. The first-order chi connectivity index (χ1) is 11.6.